The van der Waals surface area contributed by atoms with Crippen LogP contribution < -0.4 is 10.6 Å². The lowest BCUT2D eigenvalue weighted by atomic mass is 10.1. The fraction of sp³-hybridized carbons (Fsp3) is 0.294. The van der Waals surface area contributed by atoms with Crippen LogP contribution in [0.5, 0.6) is 0 Å². The van der Waals surface area contributed by atoms with E-state index in [2.05, 4.69) is 20.6 Å². The summed E-state index contributed by atoms with van der Waals surface area (Å²) in [5.74, 6) is -0.354. The summed E-state index contributed by atoms with van der Waals surface area (Å²) in [7, 11) is 0. The number of hydrogen-bond donors (Lipinski definition) is 2. The number of nitrogens with zero attached hydrogens (tertiary/aromatic N) is 2. The minimum Gasteiger partial charge on any atom is -0.456 e. The number of ether oxygens (including phenoxy) is 1. The molecule has 0 radical (unpaired) electrons. The van der Waals surface area contributed by atoms with Gasteiger partial charge in [0.05, 0.1) is 6.42 Å². The van der Waals surface area contributed by atoms with E-state index in [1.165, 1.54) is 0 Å². The predicted molar refractivity (Wildman–Crippen MR) is 94.3 cm³/mol. The molecule has 1 aromatic heterocycles. The van der Waals surface area contributed by atoms with Crippen molar-refractivity contribution in [3.05, 3.63) is 53.3 Å². The number of aromatic nitrogens is 2. The van der Waals surface area contributed by atoms with Crippen LogP contribution in [-0.4, -0.2) is 41.5 Å². The van der Waals surface area contributed by atoms with E-state index in [0.29, 0.717) is 30.5 Å². The van der Waals surface area contributed by atoms with Crippen molar-refractivity contribution in [3.63, 3.8) is 0 Å². The molecule has 1 amide bonds. The van der Waals surface area contributed by atoms with E-state index in [0.717, 1.165) is 5.56 Å². The Bertz CT molecular complexity index is 680. The van der Waals surface area contributed by atoms with Crippen molar-refractivity contribution < 1.29 is 14.3 Å². The number of carbonyl (C=O) groups excluding carboxylic acids is 2. The summed E-state index contributed by atoms with van der Waals surface area (Å²) >= 11 is 5.81. The number of hydrogen-bond acceptors (Lipinski definition) is 6. The third-order valence-corrected chi connectivity index (χ3v) is 3.44. The molecule has 0 aliphatic carbocycles. The van der Waals surface area contributed by atoms with Crippen LogP contribution in [0.25, 0.3) is 0 Å². The number of rotatable bonds is 9. The number of carbonyl (C=O) groups is 2. The van der Waals surface area contributed by atoms with E-state index >= 15 is 0 Å². The highest BCUT2D eigenvalue weighted by Gasteiger charge is 2.07. The zero-order chi connectivity index (χ0) is 17.9. The van der Waals surface area contributed by atoms with E-state index in [1.54, 1.807) is 30.6 Å². The monoisotopic (exact) mass is 362 g/mol. The van der Waals surface area contributed by atoms with Crippen molar-refractivity contribution in [2.24, 2.45) is 0 Å². The highest BCUT2D eigenvalue weighted by Crippen LogP contribution is 2.09. The predicted octanol–water partition coefficient (Wildman–Crippen LogP) is 1.83. The summed E-state index contributed by atoms with van der Waals surface area (Å²) in [6, 6.07) is 9.10. The molecule has 1 aromatic carbocycles. The first-order chi connectivity index (χ1) is 12.1. The van der Waals surface area contributed by atoms with Crippen LogP contribution in [0.1, 0.15) is 12.0 Å². The topological polar surface area (TPSA) is 93.2 Å². The van der Waals surface area contributed by atoms with Crippen LogP contribution in [0.4, 0.5) is 5.95 Å². The molecule has 8 heteroatoms. The van der Waals surface area contributed by atoms with Gasteiger partial charge in [-0.05, 0) is 30.2 Å². The van der Waals surface area contributed by atoms with Gasteiger partial charge in [0.15, 0.2) is 6.61 Å². The van der Waals surface area contributed by atoms with Crippen LogP contribution in [0.2, 0.25) is 5.02 Å². The van der Waals surface area contributed by atoms with E-state index in [-0.39, 0.29) is 18.9 Å². The minimum absolute atomic E-state index is 0.121. The Morgan fingerprint density at radius 2 is 1.80 bits per heavy atom. The summed E-state index contributed by atoms with van der Waals surface area (Å²) in [5, 5.41) is 6.26. The van der Waals surface area contributed by atoms with Crippen molar-refractivity contribution in [1.29, 1.82) is 0 Å². The molecule has 0 unspecified atom stereocenters. The van der Waals surface area contributed by atoms with Gasteiger partial charge in [0.1, 0.15) is 0 Å². The summed E-state index contributed by atoms with van der Waals surface area (Å²) in [6.07, 6.45) is 4.00. The molecule has 0 aliphatic rings. The molecule has 0 aliphatic heterocycles. The third kappa shape index (κ3) is 7.63. The van der Waals surface area contributed by atoms with Crippen molar-refractivity contribution in [1.82, 2.24) is 15.3 Å². The molecule has 0 spiro atoms. The van der Waals surface area contributed by atoms with Crippen LogP contribution in [-0.2, 0) is 20.7 Å². The number of halogens is 1. The first-order valence-electron chi connectivity index (χ1n) is 7.81. The summed E-state index contributed by atoms with van der Waals surface area (Å²) < 4.78 is 4.91. The molecule has 0 bridgehead atoms. The molecule has 2 N–H and O–H groups in total. The molecule has 2 rings (SSSR count). The third-order valence-electron chi connectivity index (χ3n) is 3.19. The molecule has 25 heavy (non-hydrogen) atoms. The zero-order valence-electron chi connectivity index (χ0n) is 13.6. The smallest absolute Gasteiger partial charge is 0.308 e. The Balaban J connectivity index is 1.54. The average Bonchev–Trinajstić information content (AvgIpc) is 2.62. The molecule has 0 fully saturated rings. The van der Waals surface area contributed by atoms with Gasteiger partial charge in [-0.25, -0.2) is 9.97 Å². The largest absolute Gasteiger partial charge is 0.456 e. The van der Waals surface area contributed by atoms with E-state index < -0.39 is 5.97 Å². The Labute approximate surface area is 150 Å². The fourth-order valence-electron chi connectivity index (χ4n) is 1.93. The summed E-state index contributed by atoms with van der Waals surface area (Å²) in [6.45, 7) is 0.507. The van der Waals surface area contributed by atoms with Gasteiger partial charge in [0, 0.05) is 30.5 Å². The zero-order valence-corrected chi connectivity index (χ0v) is 14.3. The van der Waals surface area contributed by atoms with Gasteiger partial charge in [-0.1, -0.05) is 23.7 Å². The van der Waals surface area contributed by atoms with Crippen LogP contribution in [0.3, 0.4) is 0 Å². The minimum atomic E-state index is -0.462. The van der Waals surface area contributed by atoms with Gasteiger partial charge >= 0.3 is 5.97 Å². The average molecular weight is 363 g/mol. The van der Waals surface area contributed by atoms with Crippen molar-refractivity contribution in [2.75, 3.05) is 25.0 Å². The molecule has 1 heterocycles. The number of anilines is 1. The Hall–Kier alpha value is -2.67. The van der Waals surface area contributed by atoms with Gasteiger partial charge < -0.3 is 15.4 Å². The first kappa shape index (κ1) is 18.7. The molecule has 7 nitrogen and oxygen atoms in total. The van der Waals surface area contributed by atoms with E-state index in [4.69, 9.17) is 16.3 Å². The molecule has 0 saturated heterocycles. The number of amides is 1. The van der Waals surface area contributed by atoms with E-state index in [1.807, 2.05) is 12.1 Å². The normalized spacial score (nSPS) is 10.1. The van der Waals surface area contributed by atoms with Gasteiger partial charge in [0.25, 0.3) is 5.91 Å². The standard InChI is InChI=1S/C17H19ClN4O3/c18-14-4-2-13(3-5-14)6-10-19-15(23)12-25-16(24)7-11-22-17-20-8-1-9-21-17/h1-5,8-9H,6-7,10-12H2,(H,19,23)(H,20,21,22). The highest BCUT2D eigenvalue weighted by molar-refractivity contribution is 6.30. The summed E-state index contributed by atoms with van der Waals surface area (Å²) in [4.78, 5) is 31.1. The number of benzene rings is 1. The van der Waals surface area contributed by atoms with Gasteiger partial charge in [-0.15, -0.1) is 0 Å². The lowest BCUT2D eigenvalue weighted by molar-refractivity contribution is -0.148. The van der Waals surface area contributed by atoms with Gasteiger partial charge in [-0.3, -0.25) is 9.59 Å². The maximum absolute atomic E-state index is 11.6. The molecule has 2 aromatic rings. The van der Waals surface area contributed by atoms with Crippen LogP contribution in [0.15, 0.2) is 42.7 Å². The van der Waals surface area contributed by atoms with Gasteiger partial charge in [0.2, 0.25) is 5.95 Å². The van der Waals surface area contributed by atoms with Crippen molar-refractivity contribution >= 4 is 29.4 Å². The second kappa shape index (κ2) is 10.2. The second-order valence-electron chi connectivity index (χ2n) is 5.14. The molecule has 0 atom stereocenters. The molecular formula is C17H19ClN4O3. The first-order valence-corrected chi connectivity index (χ1v) is 8.19. The molecule has 0 saturated carbocycles. The highest BCUT2D eigenvalue weighted by atomic mass is 35.5. The fourth-order valence-corrected chi connectivity index (χ4v) is 2.06. The number of esters is 1. The Morgan fingerprint density at radius 3 is 2.52 bits per heavy atom. The van der Waals surface area contributed by atoms with Crippen LogP contribution >= 0.6 is 11.6 Å². The number of nitrogens with one attached hydrogen (secondary N) is 2. The van der Waals surface area contributed by atoms with Gasteiger partial charge in [-0.2, -0.15) is 0 Å². The quantitative estimate of drug-likeness (QED) is 0.661. The lowest BCUT2D eigenvalue weighted by Gasteiger charge is -2.07. The maximum atomic E-state index is 11.6. The van der Waals surface area contributed by atoms with Crippen molar-refractivity contribution in [2.45, 2.75) is 12.8 Å². The SMILES string of the molecule is O=C(COC(=O)CCNc1ncccn1)NCCc1ccc(Cl)cc1. The molecular weight excluding hydrogens is 344 g/mol. The second-order valence-corrected chi connectivity index (χ2v) is 5.57. The van der Waals surface area contributed by atoms with Crippen molar-refractivity contribution in [3.8, 4) is 0 Å². The van der Waals surface area contributed by atoms with E-state index in [9.17, 15) is 9.59 Å². The Kier molecular flexibility index (Phi) is 7.65. The Morgan fingerprint density at radius 1 is 1.08 bits per heavy atom. The maximum Gasteiger partial charge on any atom is 0.308 e. The van der Waals surface area contributed by atoms with Crippen LogP contribution in [0, 0.1) is 0 Å². The summed E-state index contributed by atoms with van der Waals surface area (Å²) in [5.41, 5.74) is 1.07. The lowest BCUT2D eigenvalue weighted by Crippen LogP contribution is -2.30. The molecule has 132 valence electrons.